The van der Waals surface area contributed by atoms with E-state index >= 15 is 0 Å². The number of hydrogen-bond donors (Lipinski definition) is 0. The van der Waals surface area contributed by atoms with Crippen LogP contribution in [0.2, 0.25) is 5.02 Å². The molecule has 0 radical (unpaired) electrons. The Morgan fingerprint density at radius 2 is 2.05 bits per heavy atom. The molecule has 0 amide bonds. The minimum atomic E-state index is -3.75. The molecule has 9 heteroatoms. The Balaban J connectivity index is 2.50. The molecule has 2 aromatic rings. The molecule has 0 atom stereocenters. The van der Waals surface area contributed by atoms with Crippen molar-refractivity contribution < 1.29 is 8.42 Å². The number of anilines is 1. The maximum Gasteiger partial charge on any atom is 0.267 e. The molecule has 2 rings (SSSR count). The van der Waals surface area contributed by atoms with E-state index in [1.165, 1.54) is 30.5 Å². The molecular weight excluding hydrogens is 374 g/mol. The summed E-state index contributed by atoms with van der Waals surface area (Å²) < 4.78 is 26.7. The van der Waals surface area contributed by atoms with E-state index in [2.05, 4.69) is 26.1 Å². The Morgan fingerprint density at radius 3 is 2.63 bits per heavy atom. The second-order valence-corrected chi connectivity index (χ2v) is 8.07. The third-order valence-electron chi connectivity index (χ3n) is 2.32. The standard InChI is InChI=1S/C10H9BrClN3O2S2/c1-6-13-14-10(18-6)15(2)19(16,17)9-5-7(11)3-4-8(9)12/h3-5H,1-2H3. The van der Waals surface area contributed by atoms with E-state index in [1.807, 2.05) is 0 Å². The van der Waals surface area contributed by atoms with Gasteiger partial charge in [-0.1, -0.05) is 38.9 Å². The molecule has 0 unspecified atom stereocenters. The summed E-state index contributed by atoms with van der Waals surface area (Å²) in [5.41, 5.74) is 0. The summed E-state index contributed by atoms with van der Waals surface area (Å²) in [5.74, 6) is 0. The lowest BCUT2D eigenvalue weighted by Crippen LogP contribution is -2.26. The zero-order chi connectivity index (χ0) is 14.2. The lowest BCUT2D eigenvalue weighted by molar-refractivity contribution is 0.594. The molecule has 1 aromatic heterocycles. The van der Waals surface area contributed by atoms with Gasteiger partial charge in [0.05, 0.1) is 5.02 Å². The Hall–Kier alpha value is -0.700. The fourth-order valence-corrected chi connectivity index (χ4v) is 4.35. The summed E-state index contributed by atoms with van der Waals surface area (Å²) >= 11 is 10.4. The Labute approximate surface area is 128 Å². The van der Waals surface area contributed by atoms with Gasteiger partial charge in [0.15, 0.2) is 0 Å². The van der Waals surface area contributed by atoms with Gasteiger partial charge in [0, 0.05) is 11.5 Å². The molecule has 1 heterocycles. The maximum absolute atomic E-state index is 12.5. The number of halogens is 2. The number of hydrogen-bond acceptors (Lipinski definition) is 5. The Morgan fingerprint density at radius 1 is 1.37 bits per heavy atom. The van der Waals surface area contributed by atoms with Crippen LogP contribution in [0.5, 0.6) is 0 Å². The largest absolute Gasteiger partial charge is 0.267 e. The van der Waals surface area contributed by atoms with Crippen LogP contribution in [0.3, 0.4) is 0 Å². The van der Waals surface area contributed by atoms with E-state index in [-0.39, 0.29) is 9.92 Å². The van der Waals surface area contributed by atoms with E-state index < -0.39 is 10.0 Å². The first-order valence-electron chi connectivity index (χ1n) is 5.06. The Bertz CT molecular complexity index is 717. The normalized spacial score (nSPS) is 11.6. The van der Waals surface area contributed by atoms with E-state index in [4.69, 9.17) is 11.6 Å². The minimum absolute atomic E-state index is 0.0268. The van der Waals surface area contributed by atoms with Crippen LogP contribution in [-0.4, -0.2) is 25.7 Å². The summed E-state index contributed by atoms with van der Waals surface area (Å²) in [6.07, 6.45) is 0. The number of aryl methyl sites for hydroxylation is 1. The van der Waals surface area contributed by atoms with Crippen molar-refractivity contribution in [1.29, 1.82) is 0 Å². The quantitative estimate of drug-likeness (QED) is 0.818. The van der Waals surface area contributed by atoms with Gasteiger partial charge in [-0.25, -0.2) is 12.7 Å². The Kier molecular flexibility index (Phi) is 4.14. The summed E-state index contributed by atoms with van der Waals surface area (Å²) in [6.45, 7) is 1.76. The lowest BCUT2D eigenvalue weighted by atomic mass is 10.4. The van der Waals surface area contributed by atoms with Gasteiger partial charge in [0.2, 0.25) is 5.13 Å². The topological polar surface area (TPSA) is 63.2 Å². The van der Waals surface area contributed by atoms with Crippen molar-refractivity contribution in [3.63, 3.8) is 0 Å². The highest BCUT2D eigenvalue weighted by Gasteiger charge is 2.26. The van der Waals surface area contributed by atoms with Gasteiger partial charge in [0.1, 0.15) is 9.90 Å². The molecule has 0 aliphatic carbocycles. The SMILES string of the molecule is Cc1nnc(N(C)S(=O)(=O)c2cc(Br)ccc2Cl)s1. The highest BCUT2D eigenvalue weighted by atomic mass is 79.9. The van der Waals surface area contributed by atoms with Crippen LogP contribution < -0.4 is 4.31 Å². The fraction of sp³-hybridized carbons (Fsp3) is 0.200. The molecule has 0 N–H and O–H groups in total. The predicted octanol–water partition coefficient (Wildman–Crippen LogP) is 3.09. The summed E-state index contributed by atoms with van der Waals surface area (Å²) in [5, 5.41) is 8.78. The summed E-state index contributed by atoms with van der Waals surface area (Å²) in [4.78, 5) is 0.0268. The molecule has 0 aliphatic rings. The second kappa shape index (κ2) is 5.35. The highest BCUT2D eigenvalue weighted by molar-refractivity contribution is 9.10. The summed E-state index contributed by atoms with van der Waals surface area (Å²) in [7, 11) is -2.33. The van der Waals surface area contributed by atoms with Gasteiger partial charge >= 0.3 is 0 Å². The third kappa shape index (κ3) is 2.91. The van der Waals surface area contributed by atoms with Crippen LogP contribution in [0.4, 0.5) is 5.13 Å². The molecule has 19 heavy (non-hydrogen) atoms. The number of aromatic nitrogens is 2. The predicted molar refractivity (Wildman–Crippen MR) is 79.4 cm³/mol. The number of rotatable bonds is 3. The lowest BCUT2D eigenvalue weighted by Gasteiger charge is -2.16. The van der Waals surface area contributed by atoms with Crippen LogP contribution in [0, 0.1) is 6.92 Å². The zero-order valence-electron chi connectivity index (χ0n) is 9.96. The van der Waals surface area contributed by atoms with Crippen molar-refractivity contribution >= 4 is 54.0 Å². The number of sulfonamides is 1. The van der Waals surface area contributed by atoms with Crippen LogP contribution in [-0.2, 0) is 10.0 Å². The van der Waals surface area contributed by atoms with Gasteiger partial charge in [-0.15, -0.1) is 10.2 Å². The second-order valence-electron chi connectivity index (χ2n) is 3.65. The smallest absolute Gasteiger partial charge is 0.243 e. The monoisotopic (exact) mass is 381 g/mol. The molecule has 0 bridgehead atoms. The van der Waals surface area contributed by atoms with E-state index in [0.717, 1.165) is 4.31 Å². The first kappa shape index (κ1) is 14.7. The van der Waals surface area contributed by atoms with Crippen molar-refractivity contribution in [2.24, 2.45) is 0 Å². The molecule has 0 saturated heterocycles. The van der Waals surface area contributed by atoms with E-state index in [1.54, 1.807) is 13.0 Å². The molecule has 1 aromatic carbocycles. The first-order valence-corrected chi connectivity index (χ1v) is 8.49. The van der Waals surface area contributed by atoms with Gasteiger partial charge in [-0.2, -0.15) is 0 Å². The highest BCUT2D eigenvalue weighted by Crippen LogP contribution is 2.30. The van der Waals surface area contributed by atoms with Gasteiger partial charge < -0.3 is 0 Å². The van der Waals surface area contributed by atoms with Crippen molar-refractivity contribution in [2.45, 2.75) is 11.8 Å². The molecule has 0 saturated carbocycles. The number of nitrogens with zero attached hydrogens (tertiary/aromatic N) is 3. The average molecular weight is 383 g/mol. The molecular formula is C10H9BrClN3O2S2. The third-order valence-corrected chi connectivity index (χ3v) is 6.07. The van der Waals surface area contributed by atoms with Crippen LogP contribution in [0.15, 0.2) is 27.6 Å². The minimum Gasteiger partial charge on any atom is -0.243 e. The molecule has 5 nitrogen and oxygen atoms in total. The first-order chi connectivity index (χ1) is 8.82. The van der Waals surface area contributed by atoms with Crippen molar-refractivity contribution in [1.82, 2.24) is 10.2 Å². The van der Waals surface area contributed by atoms with Gasteiger partial charge in [0.25, 0.3) is 10.0 Å². The van der Waals surface area contributed by atoms with Crippen molar-refractivity contribution in [2.75, 3.05) is 11.4 Å². The van der Waals surface area contributed by atoms with Gasteiger partial charge in [-0.05, 0) is 25.1 Å². The van der Waals surface area contributed by atoms with Crippen LogP contribution in [0.25, 0.3) is 0 Å². The molecule has 0 spiro atoms. The van der Waals surface area contributed by atoms with E-state index in [9.17, 15) is 8.42 Å². The van der Waals surface area contributed by atoms with Gasteiger partial charge in [-0.3, -0.25) is 0 Å². The molecule has 0 aliphatic heterocycles. The zero-order valence-corrected chi connectivity index (χ0v) is 13.9. The van der Waals surface area contributed by atoms with Crippen molar-refractivity contribution in [3.05, 3.63) is 32.7 Å². The fourth-order valence-electron chi connectivity index (χ4n) is 1.34. The average Bonchev–Trinajstić information content (AvgIpc) is 2.77. The van der Waals surface area contributed by atoms with E-state index in [0.29, 0.717) is 14.6 Å². The summed E-state index contributed by atoms with van der Waals surface area (Å²) in [6, 6.07) is 4.66. The van der Waals surface area contributed by atoms with Crippen LogP contribution in [0.1, 0.15) is 5.01 Å². The van der Waals surface area contributed by atoms with Crippen molar-refractivity contribution in [3.8, 4) is 0 Å². The number of benzene rings is 1. The molecule has 102 valence electrons. The maximum atomic E-state index is 12.5. The molecule has 0 fully saturated rings. The van der Waals surface area contributed by atoms with Crippen LogP contribution >= 0.6 is 38.9 Å².